The lowest BCUT2D eigenvalue weighted by Gasteiger charge is -2.23. The second kappa shape index (κ2) is 8.41. The summed E-state index contributed by atoms with van der Waals surface area (Å²) in [6, 6.07) is 11.9. The summed E-state index contributed by atoms with van der Waals surface area (Å²) in [5.74, 6) is -0.0555. The molecule has 0 atom stereocenters. The molecule has 3 nitrogen and oxygen atoms in total. The lowest BCUT2D eigenvalue weighted by atomic mass is 9.95. The molecule has 1 amide bonds. The molecule has 0 bridgehead atoms. The summed E-state index contributed by atoms with van der Waals surface area (Å²) in [4.78, 5) is 12.8. The minimum Gasteiger partial charge on any atom is -0.355 e. The van der Waals surface area contributed by atoms with Crippen LogP contribution in [0.4, 0.5) is 11.4 Å². The predicted molar refractivity (Wildman–Crippen MR) is 113 cm³/mol. The molecular formula is C20H22ClIN2O. The van der Waals surface area contributed by atoms with E-state index in [1.807, 2.05) is 24.3 Å². The summed E-state index contributed by atoms with van der Waals surface area (Å²) >= 11 is 8.45. The Kier molecular flexibility index (Phi) is 6.23. The number of halogens is 2. The molecule has 3 rings (SSSR count). The summed E-state index contributed by atoms with van der Waals surface area (Å²) in [6.45, 7) is 2.06. The Balaban J connectivity index is 1.83. The van der Waals surface area contributed by atoms with Gasteiger partial charge in [0, 0.05) is 20.3 Å². The molecule has 2 aromatic carbocycles. The van der Waals surface area contributed by atoms with Crippen LogP contribution in [0, 0.1) is 10.5 Å². The van der Waals surface area contributed by atoms with E-state index in [1.165, 1.54) is 22.8 Å². The quantitative estimate of drug-likeness (QED) is 0.536. The molecule has 1 aliphatic carbocycles. The van der Waals surface area contributed by atoms with Gasteiger partial charge in [0.2, 0.25) is 0 Å². The zero-order valence-corrected chi connectivity index (χ0v) is 17.2. The first-order valence-electron chi connectivity index (χ1n) is 8.66. The summed E-state index contributed by atoms with van der Waals surface area (Å²) in [5.41, 5.74) is 3.51. The maximum atomic E-state index is 12.8. The lowest BCUT2D eigenvalue weighted by molar-refractivity contribution is 0.0928. The normalized spacial score (nSPS) is 15.0. The van der Waals surface area contributed by atoms with Crippen molar-refractivity contribution >= 4 is 51.5 Å². The monoisotopic (exact) mass is 468 g/mol. The van der Waals surface area contributed by atoms with E-state index in [0.717, 1.165) is 29.8 Å². The fourth-order valence-corrected chi connectivity index (χ4v) is 4.05. The fraction of sp³-hybridized carbons (Fsp3) is 0.350. The molecule has 2 aromatic rings. The van der Waals surface area contributed by atoms with E-state index in [-0.39, 0.29) is 11.9 Å². The van der Waals surface area contributed by atoms with E-state index in [9.17, 15) is 4.79 Å². The smallest absolute Gasteiger partial charge is 0.253 e. The standard InChI is InChI=1S/C20H22ClIN2O/c1-13-11-15(22)8-10-18(13)24-19-9-7-14(21)12-17(19)20(25)23-16-5-3-2-4-6-16/h7-12,16,24H,2-6H2,1H3,(H,23,25). The van der Waals surface area contributed by atoms with Gasteiger partial charge in [-0.25, -0.2) is 0 Å². The minimum atomic E-state index is -0.0555. The number of hydrogen-bond donors (Lipinski definition) is 2. The van der Waals surface area contributed by atoms with Crippen molar-refractivity contribution in [2.75, 3.05) is 5.32 Å². The number of amides is 1. The third kappa shape index (κ3) is 4.88. The SMILES string of the molecule is Cc1cc(I)ccc1Nc1ccc(Cl)cc1C(=O)NC1CCCCC1. The van der Waals surface area contributed by atoms with Crippen LogP contribution in [0.2, 0.25) is 5.02 Å². The first kappa shape index (κ1) is 18.5. The highest BCUT2D eigenvalue weighted by molar-refractivity contribution is 14.1. The second-order valence-corrected chi connectivity index (χ2v) is 8.26. The van der Waals surface area contributed by atoms with Crippen molar-refractivity contribution in [2.45, 2.75) is 45.1 Å². The van der Waals surface area contributed by atoms with Crippen molar-refractivity contribution in [2.24, 2.45) is 0 Å². The van der Waals surface area contributed by atoms with Crippen LogP contribution in [-0.4, -0.2) is 11.9 Å². The topological polar surface area (TPSA) is 41.1 Å². The Morgan fingerprint density at radius 3 is 2.52 bits per heavy atom. The van der Waals surface area contributed by atoms with Gasteiger partial charge in [0.15, 0.2) is 0 Å². The van der Waals surface area contributed by atoms with Gasteiger partial charge < -0.3 is 10.6 Å². The summed E-state index contributed by atoms with van der Waals surface area (Å²) in [7, 11) is 0. The van der Waals surface area contributed by atoms with Gasteiger partial charge in [0.1, 0.15) is 0 Å². The van der Waals surface area contributed by atoms with Crippen molar-refractivity contribution in [1.82, 2.24) is 5.32 Å². The van der Waals surface area contributed by atoms with Crippen LogP contribution in [0.25, 0.3) is 0 Å². The van der Waals surface area contributed by atoms with Gasteiger partial charge in [0.05, 0.1) is 11.3 Å². The molecule has 0 saturated heterocycles. The van der Waals surface area contributed by atoms with E-state index < -0.39 is 0 Å². The Morgan fingerprint density at radius 2 is 1.80 bits per heavy atom. The zero-order valence-electron chi connectivity index (χ0n) is 14.2. The highest BCUT2D eigenvalue weighted by Gasteiger charge is 2.19. The molecule has 25 heavy (non-hydrogen) atoms. The Morgan fingerprint density at radius 1 is 1.08 bits per heavy atom. The van der Waals surface area contributed by atoms with Gasteiger partial charge in [-0.3, -0.25) is 4.79 Å². The number of carbonyl (C=O) groups excluding carboxylic acids is 1. The third-order valence-corrected chi connectivity index (χ3v) is 5.53. The molecule has 1 fully saturated rings. The number of hydrogen-bond acceptors (Lipinski definition) is 2. The van der Waals surface area contributed by atoms with E-state index in [0.29, 0.717) is 10.6 Å². The minimum absolute atomic E-state index is 0.0555. The average Bonchev–Trinajstić information content (AvgIpc) is 2.59. The van der Waals surface area contributed by atoms with Crippen molar-refractivity contribution < 1.29 is 4.79 Å². The van der Waals surface area contributed by atoms with Crippen LogP contribution >= 0.6 is 34.2 Å². The molecule has 2 N–H and O–H groups in total. The van der Waals surface area contributed by atoms with E-state index in [4.69, 9.17) is 11.6 Å². The van der Waals surface area contributed by atoms with Crippen LogP contribution in [0.15, 0.2) is 36.4 Å². The zero-order chi connectivity index (χ0) is 17.8. The van der Waals surface area contributed by atoms with Gasteiger partial charge >= 0.3 is 0 Å². The number of carbonyl (C=O) groups is 1. The molecule has 0 unspecified atom stereocenters. The molecule has 5 heteroatoms. The van der Waals surface area contributed by atoms with E-state index in [1.54, 1.807) is 6.07 Å². The highest BCUT2D eigenvalue weighted by atomic mass is 127. The van der Waals surface area contributed by atoms with Crippen molar-refractivity contribution in [3.05, 3.63) is 56.1 Å². The maximum absolute atomic E-state index is 12.8. The molecular weight excluding hydrogens is 447 g/mol. The van der Waals surface area contributed by atoms with Gasteiger partial charge in [-0.1, -0.05) is 30.9 Å². The maximum Gasteiger partial charge on any atom is 0.253 e. The molecule has 0 aliphatic heterocycles. The highest BCUT2D eigenvalue weighted by Crippen LogP contribution is 2.27. The van der Waals surface area contributed by atoms with Crippen molar-refractivity contribution in [3.63, 3.8) is 0 Å². The van der Waals surface area contributed by atoms with Crippen LogP contribution in [0.3, 0.4) is 0 Å². The number of nitrogens with one attached hydrogen (secondary N) is 2. The van der Waals surface area contributed by atoms with Gasteiger partial charge in [-0.05, 0) is 84.3 Å². The Bertz CT molecular complexity index is 772. The summed E-state index contributed by atoms with van der Waals surface area (Å²) in [6.07, 6.45) is 5.76. The third-order valence-electron chi connectivity index (χ3n) is 4.62. The van der Waals surface area contributed by atoms with Crippen LogP contribution < -0.4 is 10.6 Å². The molecule has 132 valence electrons. The summed E-state index contributed by atoms with van der Waals surface area (Å²) < 4.78 is 1.19. The van der Waals surface area contributed by atoms with Crippen LogP contribution in [0.5, 0.6) is 0 Å². The lowest BCUT2D eigenvalue weighted by Crippen LogP contribution is -2.36. The summed E-state index contributed by atoms with van der Waals surface area (Å²) in [5, 5.41) is 7.13. The van der Waals surface area contributed by atoms with Gasteiger partial charge in [0.25, 0.3) is 5.91 Å². The van der Waals surface area contributed by atoms with Crippen molar-refractivity contribution in [3.8, 4) is 0 Å². The van der Waals surface area contributed by atoms with E-state index >= 15 is 0 Å². The molecule has 1 aliphatic rings. The largest absolute Gasteiger partial charge is 0.355 e. The number of aryl methyl sites for hydroxylation is 1. The average molecular weight is 469 g/mol. The molecule has 0 heterocycles. The predicted octanol–water partition coefficient (Wildman–Crippen LogP) is 6.06. The van der Waals surface area contributed by atoms with Gasteiger partial charge in [-0.2, -0.15) is 0 Å². The number of benzene rings is 2. The molecule has 0 spiro atoms. The molecule has 1 saturated carbocycles. The van der Waals surface area contributed by atoms with E-state index in [2.05, 4.69) is 46.2 Å². The first-order chi connectivity index (χ1) is 12.0. The Labute approximate surface area is 167 Å². The first-order valence-corrected chi connectivity index (χ1v) is 10.1. The van der Waals surface area contributed by atoms with Gasteiger partial charge in [-0.15, -0.1) is 0 Å². The fourth-order valence-electron chi connectivity index (χ4n) is 3.24. The van der Waals surface area contributed by atoms with Crippen LogP contribution in [-0.2, 0) is 0 Å². The van der Waals surface area contributed by atoms with Crippen LogP contribution in [0.1, 0.15) is 48.0 Å². The van der Waals surface area contributed by atoms with Crippen molar-refractivity contribution in [1.29, 1.82) is 0 Å². The number of anilines is 2. The molecule has 0 aromatic heterocycles. The number of rotatable bonds is 4. The second-order valence-electron chi connectivity index (χ2n) is 6.58. The Hall–Kier alpha value is -1.27. The molecule has 0 radical (unpaired) electrons.